The molecule has 0 saturated heterocycles. The van der Waals surface area contributed by atoms with Crippen molar-refractivity contribution in [3.8, 4) is 0 Å². The van der Waals surface area contributed by atoms with E-state index in [0.29, 0.717) is 11.3 Å². The normalized spacial score (nSPS) is 17.7. The molecule has 0 aromatic heterocycles. The van der Waals surface area contributed by atoms with E-state index < -0.39 is 24.0 Å². The Kier molecular flexibility index (Phi) is 4.65. The molecule has 1 heterocycles. The van der Waals surface area contributed by atoms with Crippen molar-refractivity contribution in [3.63, 3.8) is 0 Å². The second-order valence-electron chi connectivity index (χ2n) is 4.80. The van der Waals surface area contributed by atoms with Crippen molar-refractivity contribution in [1.82, 2.24) is 5.32 Å². The number of nitrogens with zero attached hydrogens (tertiary/aromatic N) is 1. The fourth-order valence-electron chi connectivity index (χ4n) is 2.54. The van der Waals surface area contributed by atoms with E-state index in [0.717, 1.165) is 0 Å². The molecule has 0 bridgehead atoms. The number of hydrogen-bond acceptors (Lipinski definition) is 5. The summed E-state index contributed by atoms with van der Waals surface area (Å²) in [5.41, 5.74) is 1.37. The Morgan fingerprint density at radius 1 is 1.36 bits per heavy atom. The molecule has 0 fully saturated rings. The molecule has 2 atom stereocenters. The van der Waals surface area contributed by atoms with E-state index in [2.05, 4.69) is 5.32 Å². The fourth-order valence-corrected chi connectivity index (χ4v) is 2.54. The average molecular weight is 306 g/mol. The highest BCUT2D eigenvalue weighted by molar-refractivity contribution is 6.07. The number of carbonyl (C=O) groups is 3. The predicted molar refractivity (Wildman–Crippen MR) is 78.6 cm³/mol. The van der Waals surface area contributed by atoms with Gasteiger partial charge < -0.3 is 19.7 Å². The third-order valence-corrected chi connectivity index (χ3v) is 3.57. The van der Waals surface area contributed by atoms with Gasteiger partial charge in [0.25, 0.3) is 0 Å². The van der Waals surface area contributed by atoms with E-state index >= 15 is 0 Å². The second-order valence-corrected chi connectivity index (χ2v) is 4.80. The van der Waals surface area contributed by atoms with E-state index in [-0.39, 0.29) is 12.5 Å². The van der Waals surface area contributed by atoms with Gasteiger partial charge >= 0.3 is 12.1 Å². The van der Waals surface area contributed by atoms with Crippen LogP contribution in [0.1, 0.15) is 18.4 Å². The summed E-state index contributed by atoms with van der Waals surface area (Å²) in [5.74, 6) is -1.82. The number of methoxy groups -OCH3 is 1. The average Bonchev–Trinajstić information content (AvgIpc) is 2.77. The van der Waals surface area contributed by atoms with Gasteiger partial charge in [0.1, 0.15) is 6.04 Å². The van der Waals surface area contributed by atoms with E-state index in [4.69, 9.17) is 9.47 Å². The highest BCUT2D eigenvalue weighted by atomic mass is 16.6. The molecule has 2 rings (SSSR count). The molecule has 1 aliphatic rings. The zero-order valence-corrected chi connectivity index (χ0v) is 12.7. The number of carbonyl (C=O) groups excluding carboxylic acids is 3. The van der Waals surface area contributed by atoms with Crippen LogP contribution < -0.4 is 10.2 Å². The van der Waals surface area contributed by atoms with Gasteiger partial charge in [-0.15, -0.1) is 0 Å². The van der Waals surface area contributed by atoms with Crippen LogP contribution in [0.15, 0.2) is 24.3 Å². The van der Waals surface area contributed by atoms with Crippen LogP contribution in [-0.2, 0) is 19.1 Å². The Bertz CT molecular complexity index is 601. The van der Waals surface area contributed by atoms with Crippen molar-refractivity contribution < 1.29 is 23.9 Å². The minimum Gasteiger partial charge on any atom is -0.467 e. The molecule has 2 amide bonds. The molecule has 7 nitrogen and oxygen atoms in total. The van der Waals surface area contributed by atoms with Gasteiger partial charge in [0.05, 0.1) is 19.6 Å². The van der Waals surface area contributed by atoms with Gasteiger partial charge in [-0.2, -0.15) is 0 Å². The van der Waals surface area contributed by atoms with Crippen molar-refractivity contribution in [3.05, 3.63) is 29.8 Å². The zero-order chi connectivity index (χ0) is 16.3. The van der Waals surface area contributed by atoms with Crippen LogP contribution in [0.25, 0.3) is 0 Å². The largest absolute Gasteiger partial charge is 0.467 e. The molecule has 1 aromatic rings. The number of fused-ring (bicyclic) bond motifs is 1. The Labute approximate surface area is 128 Å². The number of esters is 1. The molecule has 1 aromatic carbocycles. The number of rotatable bonds is 4. The van der Waals surface area contributed by atoms with Gasteiger partial charge in [0.2, 0.25) is 5.91 Å². The number of para-hydroxylation sites is 1. The Hall–Kier alpha value is -2.57. The number of hydrogen-bond donors (Lipinski definition) is 1. The summed E-state index contributed by atoms with van der Waals surface area (Å²) in [6.45, 7) is 1.81. The highest BCUT2D eigenvalue weighted by Crippen LogP contribution is 2.38. The maximum atomic E-state index is 12.5. The van der Waals surface area contributed by atoms with Gasteiger partial charge in [-0.1, -0.05) is 18.2 Å². The molecule has 7 heteroatoms. The first-order valence-electron chi connectivity index (χ1n) is 6.88. The van der Waals surface area contributed by atoms with Gasteiger partial charge in [0.15, 0.2) is 0 Å². The maximum Gasteiger partial charge on any atom is 0.407 e. The number of anilines is 1. The molecule has 1 aliphatic heterocycles. The molecular weight excluding hydrogens is 288 g/mol. The summed E-state index contributed by atoms with van der Waals surface area (Å²) in [7, 11) is 2.83. The quantitative estimate of drug-likeness (QED) is 0.840. The first-order valence-corrected chi connectivity index (χ1v) is 6.88. The lowest BCUT2D eigenvalue weighted by Gasteiger charge is -2.21. The minimum absolute atomic E-state index is 0.162. The van der Waals surface area contributed by atoms with Crippen LogP contribution in [0, 0.1) is 0 Å². The van der Waals surface area contributed by atoms with Gasteiger partial charge in [0, 0.05) is 12.7 Å². The maximum absolute atomic E-state index is 12.5. The summed E-state index contributed by atoms with van der Waals surface area (Å²) in [6, 6.07) is 5.98. The molecule has 0 spiro atoms. The minimum atomic E-state index is -1.14. The highest BCUT2D eigenvalue weighted by Gasteiger charge is 2.44. The first-order chi connectivity index (χ1) is 10.5. The molecule has 118 valence electrons. The summed E-state index contributed by atoms with van der Waals surface area (Å²) < 4.78 is 9.52. The van der Waals surface area contributed by atoms with Crippen molar-refractivity contribution in [1.29, 1.82) is 0 Å². The van der Waals surface area contributed by atoms with Gasteiger partial charge in [-0.3, -0.25) is 4.79 Å². The first kappa shape index (κ1) is 15.8. The van der Waals surface area contributed by atoms with Crippen molar-refractivity contribution in [2.45, 2.75) is 18.9 Å². The molecule has 0 aliphatic carbocycles. The van der Waals surface area contributed by atoms with E-state index in [9.17, 15) is 14.4 Å². The second kappa shape index (κ2) is 6.46. The number of likely N-dealkylation sites (N-methyl/N-ethyl adjacent to an activating group) is 1. The molecule has 2 unspecified atom stereocenters. The summed E-state index contributed by atoms with van der Waals surface area (Å²) in [5, 5.41) is 2.42. The lowest BCUT2D eigenvalue weighted by Crippen LogP contribution is -2.48. The lowest BCUT2D eigenvalue weighted by atomic mass is 9.92. The van der Waals surface area contributed by atoms with Crippen molar-refractivity contribution in [2.75, 3.05) is 25.7 Å². The van der Waals surface area contributed by atoms with E-state index in [1.165, 1.54) is 12.0 Å². The number of amides is 2. The van der Waals surface area contributed by atoms with Crippen LogP contribution in [0.5, 0.6) is 0 Å². The smallest absolute Gasteiger partial charge is 0.407 e. The molecular formula is C15H18N2O5. The Morgan fingerprint density at radius 3 is 2.68 bits per heavy atom. The Morgan fingerprint density at radius 2 is 2.05 bits per heavy atom. The number of nitrogens with one attached hydrogen (secondary N) is 1. The lowest BCUT2D eigenvalue weighted by molar-refractivity contribution is -0.145. The SMILES string of the molecule is CCOC(=O)NC(C(=O)OC)C1C(=O)N(C)c2ccccc21. The molecule has 0 radical (unpaired) electrons. The number of benzene rings is 1. The molecule has 0 saturated carbocycles. The van der Waals surface area contributed by atoms with Gasteiger partial charge in [-0.05, 0) is 18.6 Å². The fraction of sp³-hybridized carbons (Fsp3) is 0.400. The summed E-state index contributed by atoms with van der Waals surface area (Å²) in [4.78, 5) is 37.7. The van der Waals surface area contributed by atoms with Crippen molar-refractivity contribution in [2.24, 2.45) is 0 Å². The monoisotopic (exact) mass is 306 g/mol. The summed E-state index contributed by atoms with van der Waals surface area (Å²) in [6.07, 6.45) is -0.766. The number of alkyl carbamates (subject to hydrolysis) is 1. The van der Waals surface area contributed by atoms with Crippen LogP contribution in [0.3, 0.4) is 0 Å². The Balaban J connectivity index is 2.37. The van der Waals surface area contributed by atoms with Crippen LogP contribution >= 0.6 is 0 Å². The van der Waals surface area contributed by atoms with E-state index in [1.807, 2.05) is 0 Å². The number of ether oxygens (including phenoxy) is 2. The summed E-state index contributed by atoms with van der Waals surface area (Å²) >= 11 is 0. The standard InChI is InChI=1S/C15H18N2O5/c1-4-22-15(20)16-12(14(19)21-3)11-9-7-5-6-8-10(9)17(2)13(11)18/h5-8,11-12H,4H2,1-3H3,(H,16,20). The van der Waals surface area contributed by atoms with Crippen LogP contribution in [0.2, 0.25) is 0 Å². The molecule has 22 heavy (non-hydrogen) atoms. The molecule has 1 N–H and O–H groups in total. The third kappa shape index (κ3) is 2.74. The zero-order valence-electron chi connectivity index (χ0n) is 12.7. The van der Waals surface area contributed by atoms with Crippen LogP contribution in [-0.4, -0.2) is 44.8 Å². The van der Waals surface area contributed by atoms with Crippen molar-refractivity contribution >= 4 is 23.7 Å². The van der Waals surface area contributed by atoms with Gasteiger partial charge in [-0.25, -0.2) is 9.59 Å². The van der Waals surface area contributed by atoms with E-state index in [1.54, 1.807) is 38.2 Å². The van der Waals surface area contributed by atoms with Crippen LogP contribution in [0.4, 0.5) is 10.5 Å². The third-order valence-electron chi connectivity index (χ3n) is 3.57. The predicted octanol–water partition coefficient (Wildman–Crippen LogP) is 1.03. The topological polar surface area (TPSA) is 84.9 Å².